The molecule has 3 heteroatoms. The summed E-state index contributed by atoms with van der Waals surface area (Å²) >= 11 is 1.29. The van der Waals surface area contributed by atoms with Crippen LogP contribution in [0.1, 0.15) is 22.3 Å². The van der Waals surface area contributed by atoms with Crippen molar-refractivity contribution in [3.05, 3.63) is 95.1 Å². The predicted octanol–water partition coefficient (Wildman–Crippen LogP) is 5.76. The van der Waals surface area contributed by atoms with Crippen LogP contribution in [0.5, 0.6) is 0 Å². The van der Waals surface area contributed by atoms with Crippen molar-refractivity contribution in [1.29, 1.82) is 0 Å². The number of benzene rings is 3. The molecule has 0 saturated heterocycles. The fraction of sp³-hybridized carbons (Fsp3) is 0.167. The number of hydrogen-bond acceptors (Lipinski definition) is 3. The average molecular weight is 369 g/mol. The monoisotopic (exact) mass is 368 g/mol. The Labute approximate surface area is 163 Å². The average Bonchev–Trinajstić information content (AvgIpc) is 3.21. The van der Waals surface area contributed by atoms with E-state index in [1.54, 1.807) is 0 Å². The molecule has 7 rings (SSSR count). The molecule has 3 aliphatic rings. The molecule has 1 heterocycles. The summed E-state index contributed by atoms with van der Waals surface area (Å²) in [5.74, 6) is 0. The van der Waals surface area contributed by atoms with E-state index >= 15 is 0 Å². The lowest BCUT2D eigenvalue weighted by Crippen LogP contribution is -1.95. The number of aryl methyl sites for hydroxylation is 4. The van der Waals surface area contributed by atoms with E-state index in [9.17, 15) is 0 Å². The predicted molar refractivity (Wildman–Crippen MR) is 112 cm³/mol. The molecule has 1 aromatic heterocycles. The summed E-state index contributed by atoms with van der Waals surface area (Å²) in [7, 11) is 0. The lowest BCUT2D eigenvalue weighted by Gasteiger charge is -2.07. The Morgan fingerprint density at radius 1 is 0.519 bits per heavy atom. The molecule has 0 radical (unpaired) electrons. The van der Waals surface area contributed by atoms with Gasteiger partial charge in [-0.1, -0.05) is 72.8 Å². The molecular formula is C24H20N2S. The van der Waals surface area contributed by atoms with E-state index in [0.717, 1.165) is 48.2 Å². The Balaban J connectivity index is 1.59. The summed E-state index contributed by atoms with van der Waals surface area (Å²) in [4.78, 5) is 0. The van der Waals surface area contributed by atoms with Gasteiger partial charge >= 0.3 is 0 Å². The van der Waals surface area contributed by atoms with Crippen LogP contribution in [0.2, 0.25) is 0 Å². The Kier molecular flexibility index (Phi) is 4.30. The van der Waals surface area contributed by atoms with E-state index in [-0.39, 0.29) is 0 Å². The van der Waals surface area contributed by atoms with Crippen molar-refractivity contribution >= 4 is 11.7 Å². The van der Waals surface area contributed by atoms with Gasteiger partial charge in [0.05, 0.1) is 11.7 Å². The van der Waals surface area contributed by atoms with E-state index in [0.29, 0.717) is 0 Å². The van der Waals surface area contributed by atoms with E-state index in [1.807, 2.05) is 0 Å². The lowest BCUT2D eigenvalue weighted by molar-refractivity contribution is 0.931. The van der Waals surface area contributed by atoms with Gasteiger partial charge in [-0.25, -0.2) is 0 Å². The third-order valence-corrected chi connectivity index (χ3v) is 5.87. The second kappa shape index (κ2) is 7.09. The van der Waals surface area contributed by atoms with Gasteiger partial charge in [0.2, 0.25) is 0 Å². The minimum absolute atomic E-state index is 0.982. The maximum Gasteiger partial charge on any atom is 0.112 e. The highest BCUT2D eigenvalue weighted by Gasteiger charge is 2.13. The maximum atomic E-state index is 4.57. The SMILES string of the molecule is c1cc2cc(c1)CCc1ccc(cc1)-c1nsnc1-c1ccc(cc1)CC2. The van der Waals surface area contributed by atoms with E-state index in [1.165, 1.54) is 34.0 Å². The summed E-state index contributed by atoms with van der Waals surface area (Å²) < 4.78 is 9.14. The first-order valence-electron chi connectivity index (χ1n) is 9.44. The molecular weight excluding hydrogens is 348 g/mol. The van der Waals surface area contributed by atoms with Crippen LogP contribution in [0, 0.1) is 0 Å². The minimum atomic E-state index is 0.982. The topological polar surface area (TPSA) is 25.8 Å². The van der Waals surface area contributed by atoms with Gasteiger partial charge in [0.15, 0.2) is 0 Å². The van der Waals surface area contributed by atoms with E-state index < -0.39 is 0 Å². The van der Waals surface area contributed by atoms with Crippen LogP contribution in [0.25, 0.3) is 22.5 Å². The van der Waals surface area contributed by atoms with E-state index in [4.69, 9.17) is 0 Å². The summed E-state index contributed by atoms with van der Waals surface area (Å²) in [6.07, 6.45) is 4.27. The molecule has 0 amide bonds. The molecule has 0 atom stereocenters. The summed E-state index contributed by atoms with van der Waals surface area (Å²) in [6, 6.07) is 26.7. The fourth-order valence-corrected chi connectivity index (χ4v) is 4.33. The van der Waals surface area contributed by atoms with Crippen LogP contribution in [-0.2, 0) is 25.7 Å². The Bertz CT molecular complexity index is 981. The van der Waals surface area contributed by atoms with Crippen molar-refractivity contribution < 1.29 is 0 Å². The molecule has 0 N–H and O–H groups in total. The van der Waals surface area contributed by atoms with Crippen molar-refractivity contribution in [2.75, 3.05) is 0 Å². The largest absolute Gasteiger partial charge is 0.172 e. The molecule has 0 saturated carbocycles. The van der Waals surface area contributed by atoms with Gasteiger partial charge in [0, 0.05) is 11.1 Å². The Morgan fingerprint density at radius 2 is 0.963 bits per heavy atom. The molecule has 0 fully saturated rings. The van der Waals surface area contributed by atoms with Gasteiger partial charge in [0.1, 0.15) is 11.4 Å². The zero-order valence-electron chi connectivity index (χ0n) is 15.1. The molecule has 2 nitrogen and oxygen atoms in total. The third kappa shape index (κ3) is 3.43. The third-order valence-electron chi connectivity index (χ3n) is 5.34. The van der Waals surface area contributed by atoms with E-state index in [2.05, 4.69) is 81.5 Å². The standard InChI is InChI=1S/C24H20N2S/c1-2-19-6-4-17-8-12-21(13-9-17)23-24(26-27-25-23)22-14-10-18(11-15-22)5-7-20(3-1)16-19/h1-3,8-16H,4-7H2. The van der Waals surface area contributed by atoms with Gasteiger partial charge in [-0.15, -0.1) is 0 Å². The van der Waals surface area contributed by atoms with Crippen LogP contribution in [0.4, 0.5) is 0 Å². The second-order valence-corrected chi connectivity index (χ2v) is 7.70. The first-order valence-corrected chi connectivity index (χ1v) is 10.2. The zero-order chi connectivity index (χ0) is 18.1. The highest BCUT2D eigenvalue weighted by atomic mass is 32.1. The quantitative estimate of drug-likeness (QED) is 0.394. The number of rotatable bonds is 0. The van der Waals surface area contributed by atoms with Gasteiger partial charge in [0.25, 0.3) is 0 Å². The van der Waals surface area contributed by atoms with Gasteiger partial charge in [-0.05, 0) is 47.9 Å². The normalized spacial score (nSPS) is 13.3. The molecule has 3 aliphatic carbocycles. The Hall–Kier alpha value is -2.78. The fourth-order valence-electron chi connectivity index (χ4n) is 3.74. The number of nitrogens with zero attached hydrogens (tertiary/aromatic N) is 2. The summed E-state index contributed by atoms with van der Waals surface area (Å²) in [5, 5.41) is 0. The molecule has 0 aliphatic heterocycles. The minimum Gasteiger partial charge on any atom is -0.172 e. The molecule has 0 unspecified atom stereocenters. The van der Waals surface area contributed by atoms with Crippen LogP contribution >= 0.6 is 11.7 Å². The summed E-state index contributed by atoms with van der Waals surface area (Å²) in [5.41, 5.74) is 9.80. The second-order valence-electron chi connectivity index (χ2n) is 7.18. The van der Waals surface area contributed by atoms with Crippen LogP contribution in [0.15, 0.2) is 72.8 Å². The van der Waals surface area contributed by atoms with Gasteiger partial charge in [-0.3, -0.25) is 0 Å². The van der Waals surface area contributed by atoms with Crippen molar-refractivity contribution in [3.63, 3.8) is 0 Å². The first-order chi connectivity index (χ1) is 13.3. The smallest absolute Gasteiger partial charge is 0.112 e. The number of aromatic nitrogens is 2. The molecule has 4 aromatic rings. The van der Waals surface area contributed by atoms with Gasteiger partial charge in [-0.2, -0.15) is 8.75 Å². The number of fused-ring (bicyclic) bond motifs is 2. The molecule has 27 heavy (non-hydrogen) atoms. The van der Waals surface area contributed by atoms with Crippen LogP contribution in [-0.4, -0.2) is 8.75 Å². The molecule has 3 aromatic carbocycles. The summed E-state index contributed by atoms with van der Waals surface area (Å²) in [6.45, 7) is 0. The van der Waals surface area contributed by atoms with Crippen molar-refractivity contribution in [1.82, 2.24) is 8.75 Å². The van der Waals surface area contributed by atoms with Crippen LogP contribution < -0.4 is 0 Å². The molecule has 6 bridgehead atoms. The molecule has 132 valence electrons. The van der Waals surface area contributed by atoms with Crippen molar-refractivity contribution in [3.8, 4) is 22.5 Å². The maximum absolute atomic E-state index is 4.57. The van der Waals surface area contributed by atoms with Crippen molar-refractivity contribution in [2.45, 2.75) is 25.7 Å². The highest BCUT2D eigenvalue weighted by Crippen LogP contribution is 2.31. The lowest BCUT2D eigenvalue weighted by atomic mass is 9.99. The molecule has 0 spiro atoms. The first kappa shape index (κ1) is 16.4. The van der Waals surface area contributed by atoms with Crippen molar-refractivity contribution in [2.24, 2.45) is 0 Å². The Morgan fingerprint density at radius 3 is 1.44 bits per heavy atom. The number of hydrogen-bond donors (Lipinski definition) is 0. The highest BCUT2D eigenvalue weighted by molar-refractivity contribution is 6.99. The zero-order valence-corrected chi connectivity index (χ0v) is 15.9. The van der Waals surface area contributed by atoms with Crippen LogP contribution in [0.3, 0.4) is 0 Å². The van der Waals surface area contributed by atoms with Gasteiger partial charge < -0.3 is 0 Å².